The van der Waals surface area contributed by atoms with E-state index in [2.05, 4.69) is 15.9 Å². The van der Waals surface area contributed by atoms with Crippen molar-refractivity contribution in [1.29, 1.82) is 0 Å². The predicted molar refractivity (Wildman–Crippen MR) is 104 cm³/mol. The van der Waals surface area contributed by atoms with Crippen LogP contribution in [0.4, 0.5) is 5.69 Å². The number of sulfonamides is 1. The van der Waals surface area contributed by atoms with Crippen molar-refractivity contribution in [2.45, 2.75) is 16.7 Å². The Morgan fingerprint density at radius 3 is 2.44 bits per heavy atom. The number of thioether (sulfide) groups is 1. The molecule has 2 aromatic rings. The van der Waals surface area contributed by atoms with Gasteiger partial charge in [0, 0.05) is 9.37 Å². The fourth-order valence-corrected chi connectivity index (χ4v) is 4.34. The molecule has 0 spiro atoms. The Morgan fingerprint density at radius 1 is 1.20 bits per heavy atom. The smallest absolute Gasteiger partial charge is 0.326 e. The van der Waals surface area contributed by atoms with Crippen molar-refractivity contribution in [1.82, 2.24) is 0 Å². The molecule has 0 amide bonds. The van der Waals surface area contributed by atoms with E-state index in [1.807, 2.05) is 6.26 Å². The van der Waals surface area contributed by atoms with Crippen molar-refractivity contribution in [3.05, 3.63) is 53.0 Å². The molecular formula is C17H18BrNO4S2. The van der Waals surface area contributed by atoms with Crippen LogP contribution in [0, 0.1) is 0 Å². The van der Waals surface area contributed by atoms with Gasteiger partial charge < -0.3 is 4.74 Å². The molecule has 25 heavy (non-hydrogen) atoms. The summed E-state index contributed by atoms with van der Waals surface area (Å²) >= 11 is 4.85. The number of nitrogens with zero attached hydrogens (tertiary/aromatic N) is 1. The van der Waals surface area contributed by atoms with Crippen molar-refractivity contribution in [3.8, 4) is 0 Å². The van der Waals surface area contributed by atoms with E-state index < -0.39 is 22.5 Å². The minimum Gasteiger partial charge on any atom is -0.465 e. The van der Waals surface area contributed by atoms with Crippen LogP contribution in [0.2, 0.25) is 0 Å². The predicted octanol–water partition coefficient (Wildman–Crippen LogP) is 3.93. The molecule has 2 aromatic carbocycles. The van der Waals surface area contributed by atoms with Crippen molar-refractivity contribution in [2.24, 2.45) is 0 Å². The Balaban J connectivity index is 2.46. The minimum absolute atomic E-state index is 0.120. The van der Waals surface area contributed by atoms with Crippen LogP contribution in [-0.2, 0) is 19.6 Å². The van der Waals surface area contributed by atoms with Gasteiger partial charge in [0.25, 0.3) is 10.0 Å². The van der Waals surface area contributed by atoms with Gasteiger partial charge in [0.2, 0.25) is 0 Å². The topological polar surface area (TPSA) is 63.7 Å². The number of carbonyl (C=O) groups is 1. The average molecular weight is 444 g/mol. The summed E-state index contributed by atoms with van der Waals surface area (Å²) in [5.41, 5.74) is 0.386. The third-order valence-corrected chi connectivity index (χ3v) is 6.35. The maximum absolute atomic E-state index is 13.1. The zero-order chi connectivity index (χ0) is 18.4. The summed E-state index contributed by atoms with van der Waals surface area (Å²) in [5.74, 6) is -0.605. The molecule has 0 aliphatic heterocycles. The van der Waals surface area contributed by atoms with E-state index in [-0.39, 0.29) is 11.5 Å². The lowest BCUT2D eigenvalue weighted by atomic mass is 10.3. The second-order valence-electron chi connectivity index (χ2n) is 4.97. The first kappa shape index (κ1) is 19.8. The molecule has 134 valence electrons. The van der Waals surface area contributed by atoms with Crippen LogP contribution in [0.3, 0.4) is 0 Å². The van der Waals surface area contributed by atoms with Gasteiger partial charge in [-0.25, -0.2) is 8.42 Å². The third-order valence-electron chi connectivity index (χ3n) is 3.32. The number of ether oxygens (including phenoxy) is 1. The van der Waals surface area contributed by atoms with Crippen LogP contribution in [0.15, 0.2) is 62.8 Å². The van der Waals surface area contributed by atoms with Gasteiger partial charge in [-0.1, -0.05) is 22.0 Å². The molecule has 0 aliphatic rings. The van der Waals surface area contributed by atoms with Gasteiger partial charge in [-0.2, -0.15) is 0 Å². The number of halogens is 1. The van der Waals surface area contributed by atoms with E-state index in [4.69, 9.17) is 4.74 Å². The van der Waals surface area contributed by atoms with Gasteiger partial charge in [0.05, 0.1) is 17.2 Å². The standard InChI is InChI=1S/C17H18BrNO4S2/c1-3-23-17(20)12-19(14-6-4-5-13(18)11-14)25(21,22)16-9-7-15(24-2)8-10-16/h4-11H,3,12H2,1-2H3. The molecule has 2 rings (SSSR count). The van der Waals surface area contributed by atoms with Gasteiger partial charge in [-0.15, -0.1) is 11.8 Å². The average Bonchev–Trinajstić information content (AvgIpc) is 2.60. The number of esters is 1. The van der Waals surface area contributed by atoms with Gasteiger partial charge >= 0.3 is 5.97 Å². The van der Waals surface area contributed by atoms with Crippen molar-refractivity contribution < 1.29 is 17.9 Å². The Hall–Kier alpha value is -1.51. The van der Waals surface area contributed by atoms with Crippen LogP contribution >= 0.6 is 27.7 Å². The molecule has 0 saturated heterocycles. The highest BCUT2D eigenvalue weighted by Gasteiger charge is 2.27. The lowest BCUT2D eigenvalue weighted by molar-refractivity contribution is -0.141. The zero-order valence-electron chi connectivity index (χ0n) is 13.8. The summed E-state index contributed by atoms with van der Waals surface area (Å²) in [5, 5.41) is 0. The number of carbonyl (C=O) groups excluding carboxylic acids is 1. The number of hydrogen-bond acceptors (Lipinski definition) is 5. The van der Waals surface area contributed by atoms with Gasteiger partial charge in [-0.05, 0) is 55.6 Å². The zero-order valence-corrected chi connectivity index (χ0v) is 17.0. The molecule has 5 nitrogen and oxygen atoms in total. The van der Waals surface area contributed by atoms with E-state index in [1.54, 1.807) is 43.3 Å². The van der Waals surface area contributed by atoms with Crippen LogP contribution in [-0.4, -0.2) is 33.8 Å². The van der Waals surface area contributed by atoms with Gasteiger partial charge in [0.15, 0.2) is 0 Å². The monoisotopic (exact) mass is 443 g/mol. The minimum atomic E-state index is -3.91. The highest BCUT2D eigenvalue weighted by molar-refractivity contribution is 9.10. The number of rotatable bonds is 7. The fourth-order valence-electron chi connectivity index (χ4n) is 2.15. The largest absolute Gasteiger partial charge is 0.465 e. The second kappa shape index (κ2) is 8.73. The van der Waals surface area contributed by atoms with E-state index in [0.717, 1.165) is 9.20 Å². The Morgan fingerprint density at radius 2 is 1.88 bits per heavy atom. The lowest BCUT2D eigenvalue weighted by Gasteiger charge is -2.24. The summed E-state index contributed by atoms with van der Waals surface area (Å²) in [6.07, 6.45) is 1.91. The molecule has 0 N–H and O–H groups in total. The maximum Gasteiger partial charge on any atom is 0.326 e. The van der Waals surface area contributed by atoms with E-state index >= 15 is 0 Å². The SMILES string of the molecule is CCOC(=O)CN(c1cccc(Br)c1)S(=O)(=O)c1ccc(SC)cc1. The molecule has 0 atom stereocenters. The molecule has 0 heterocycles. The summed E-state index contributed by atoms with van der Waals surface area (Å²) in [7, 11) is -3.91. The summed E-state index contributed by atoms with van der Waals surface area (Å²) in [6.45, 7) is 1.47. The molecular weight excluding hydrogens is 426 g/mol. The van der Waals surface area contributed by atoms with Crippen LogP contribution in [0.1, 0.15) is 6.92 Å². The summed E-state index contributed by atoms with van der Waals surface area (Å²) in [4.78, 5) is 13.0. The van der Waals surface area contributed by atoms with Crippen LogP contribution < -0.4 is 4.31 Å². The number of anilines is 1. The van der Waals surface area contributed by atoms with Crippen molar-refractivity contribution in [3.63, 3.8) is 0 Å². The molecule has 8 heteroatoms. The molecule has 0 unspecified atom stereocenters. The van der Waals surface area contributed by atoms with Gasteiger partial charge in [0.1, 0.15) is 6.54 Å². The Labute approximate surface area is 160 Å². The first-order chi connectivity index (χ1) is 11.9. The van der Waals surface area contributed by atoms with E-state index in [9.17, 15) is 13.2 Å². The number of hydrogen-bond donors (Lipinski definition) is 0. The first-order valence-corrected chi connectivity index (χ1v) is 10.9. The van der Waals surface area contributed by atoms with Crippen LogP contribution in [0.25, 0.3) is 0 Å². The van der Waals surface area contributed by atoms with Gasteiger partial charge in [-0.3, -0.25) is 9.10 Å². The highest BCUT2D eigenvalue weighted by Crippen LogP contribution is 2.27. The molecule has 0 aromatic heterocycles. The summed E-state index contributed by atoms with van der Waals surface area (Å²) in [6, 6.07) is 13.3. The molecule has 0 fully saturated rings. The normalized spacial score (nSPS) is 11.2. The molecule has 0 saturated carbocycles. The summed E-state index contributed by atoms with van der Waals surface area (Å²) < 4.78 is 32.9. The third kappa shape index (κ3) is 4.99. The second-order valence-corrected chi connectivity index (χ2v) is 8.63. The maximum atomic E-state index is 13.1. The molecule has 0 aliphatic carbocycles. The van der Waals surface area contributed by atoms with E-state index in [0.29, 0.717) is 10.2 Å². The number of benzene rings is 2. The lowest BCUT2D eigenvalue weighted by Crippen LogP contribution is -2.36. The highest BCUT2D eigenvalue weighted by atomic mass is 79.9. The Bertz CT molecular complexity index is 838. The van der Waals surface area contributed by atoms with Crippen molar-refractivity contribution >= 4 is 49.4 Å². The first-order valence-electron chi connectivity index (χ1n) is 7.46. The molecule has 0 bridgehead atoms. The fraction of sp³-hybridized carbons (Fsp3) is 0.235. The quantitative estimate of drug-likeness (QED) is 0.479. The van der Waals surface area contributed by atoms with Crippen molar-refractivity contribution in [2.75, 3.05) is 23.7 Å². The van der Waals surface area contributed by atoms with E-state index in [1.165, 1.54) is 23.9 Å². The Kier molecular flexibility index (Phi) is 6.92. The molecule has 0 radical (unpaired) electrons. The van der Waals surface area contributed by atoms with Crippen LogP contribution in [0.5, 0.6) is 0 Å².